The molecule has 0 saturated carbocycles. The molecule has 1 aliphatic heterocycles. The number of hydrogen-bond acceptors (Lipinski definition) is 6. The molecule has 1 atom stereocenters. The average Bonchev–Trinajstić information content (AvgIpc) is 3.14. The van der Waals surface area contributed by atoms with Gasteiger partial charge in [-0.05, 0) is 18.2 Å². The molecule has 164 valence electrons. The van der Waals surface area contributed by atoms with Crippen molar-refractivity contribution < 1.29 is 28.6 Å². The van der Waals surface area contributed by atoms with Crippen LogP contribution >= 0.6 is 0 Å². The summed E-state index contributed by atoms with van der Waals surface area (Å²) in [5, 5.41) is 5.52. The topological polar surface area (TPSA) is 106 Å². The van der Waals surface area contributed by atoms with Crippen molar-refractivity contribution in [3.63, 3.8) is 0 Å². The second kappa shape index (κ2) is 9.38. The first kappa shape index (κ1) is 21.9. The molecular formula is C22H25N3O6. The Balaban J connectivity index is 1.75. The van der Waals surface area contributed by atoms with E-state index in [-0.39, 0.29) is 30.7 Å². The highest BCUT2D eigenvalue weighted by molar-refractivity contribution is 6.04. The van der Waals surface area contributed by atoms with Crippen LogP contribution in [0.5, 0.6) is 17.2 Å². The Morgan fingerprint density at radius 1 is 0.968 bits per heavy atom. The van der Waals surface area contributed by atoms with Crippen molar-refractivity contribution in [2.24, 2.45) is 5.92 Å². The summed E-state index contributed by atoms with van der Waals surface area (Å²) in [6.07, 6.45) is 0.0840. The van der Waals surface area contributed by atoms with Crippen LogP contribution in [0.2, 0.25) is 0 Å². The first-order valence-electron chi connectivity index (χ1n) is 9.65. The molecule has 9 nitrogen and oxygen atoms in total. The van der Waals surface area contributed by atoms with Crippen molar-refractivity contribution in [2.45, 2.75) is 13.3 Å². The van der Waals surface area contributed by atoms with E-state index in [1.807, 2.05) is 0 Å². The third kappa shape index (κ3) is 4.88. The van der Waals surface area contributed by atoms with E-state index in [1.165, 1.54) is 28.3 Å². The fourth-order valence-electron chi connectivity index (χ4n) is 3.49. The highest BCUT2D eigenvalue weighted by atomic mass is 16.5. The van der Waals surface area contributed by atoms with Crippen LogP contribution in [0, 0.1) is 5.92 Å². The average molecular weight is 427 g/mol. The van der Waals surface area contributed by atoms with E-state index in [9.17, 15) is 14.4 Å². The van der Waals surface area contributed by atoms with Crippen LogP contribution in [0.15, 0.2) is 36.4 Å². The van der Waals surface area contributed by atoms with Crippen molar-refractivity contribution in [1.82, 2.24) is 0 Å². The van der Waals surface area contributed by atoms with Crippen molar-refractivity contribution in [3.8, 4) is 17.2 Å². The summed E-state index contributed by atoms with van der Waals surface area (Å²) in [5.41, 5.74) is 1.68. The number of anilines is 3. The highest BCUT2D eigenvalue weighted by Gasteiger charge is 2.35. The van der Waals surface area contributed by atoms with E-state index < -0.39 is 5.92 Å². The fourth-order valence-corrected chi connectivity index (χ4v) is 3.49. The lowest BCUT2D eigenvalue weighted by Crippen LogP contribution is -2.28. The van der Waals surface area contributed by atoms with E-state index in [1.54, 1.807) is 41.3 Å². The number of hydrogen-bond donors (Lipinski definition) is 2. The molecule has 1 aliphatic rings. The van der Waals surface area contributed by atoms with E-state index in [4.69, 9.17) is 14.2 Å². The minimum absolute atomic E-state index is 0.0840. The smallest absolute Gasteiger partial charge is 0.229 e. The predicted molar refractivity (Wildman–Crippen MR) is 116 cm³/mol. The zero-order chi connectivity index (χ0) is 22.5. The molecule has 2 aromatic rings. The quantitative estimate of drug-likeness (QED) is 0.704. The van der Waals surface area contributed by atoms with Crippen LogP contribution < -0.4 is 29.7 Å². The Hall–Kier alpha value is -3.75. The second-order valence-electron chi connectivity index (χ2n) is 7.04. The summed E-state index contributed by atoms with van der Waals surface area (Å²) >= 11 is 0. The number of amides is 3. The van der Waals surface area contributed by atoms with Gasteiger partial charge < -0.3 is 29.7 Å². The summed E-state index contributed by atoms with van der Waals surface area (Å²) < 4.78 is 15.9. The molecule has 0 aliphatic carbocycles. The lowest BCUT2D eigenvalue weighted by molar-refractivity contribution is -0.122. The Morgan fingerprint density at radius 2 is 1.65 bits per heavy atom. The molecule has 3 amide bonds. The second-order valence-corrected chi connectivity index (χ2v) is 7.04. The Bertz CT molecular complexity index is 981. The molecule has 31 heavy (non-hydrogen) atoms. The van der Waals surface area contributed by atoms with Gasteiger partial charge in [-0.15, -0.1) is 0 Å². The Kier molecular flexibility index (Phi) is 6.64. The molecule has 0 radical (unpaired) electrons. The van der Waals surface area contributed by atoms with Crippen molar-refractivity contribution in [1.29, 1.82) is 0 Å². The van der Waals surface area contributed by atoms with E-state index in [0.717, 1.165) is 0 Å². The maximum absolute atomic E-state index is 12.8. The third-order valence-electron chi connectivity index (χ3n) is 4.91. The van der Waals surface area contributed by atoms with Crippen molar-refractivity contribution >= 4 is 34.8 Å². The van der Waals surface area contributed by atoms with E-state index in [0.29, 0.717) is 34.3 Å². The van der Waals surface area contributed by atoms with Gasteiger partial charge >= 0.3 is 0 Å². The molecule has 2 N–H and O–H groups in total. The van der Waals surface area contributed by atoms with Crippen molar-refractivity contribution in [3.05, 3.63) is 36.4 Å². The zero-order valence-electron chi connectivity index (χ0n) is 17.9. The molecule has 9 heteroatoms. The number of rotatable bonds is 7. The van der Waals surface area contributed by atoms with E-state index >= 15 is 0 Å². The standard InChI is InChI=1S/C22H25N3O6/c1-13(26)23-15-6-5-7-17(9-15)25-12-14(8-20(25)27)22(28)24-16-10-18(29-2)21(31-4)19(11-16)30-3/h5-7,9-11,14H,8,12H2,1-4H3,(H,23,26)(H,24,28)/t14-/m1/s1. The van der Waals surface area contributed by atoms with Crippen LogP contribution in [0.1, 0.15) is 13.3 Å². The number of carbonyl (C=O) groups is 3. The monoisotopic (exact) mass is 427 g/mol. The number of methoxy groups -OCH3 is 3. The summed E-state index contributed by atoms with van der Waals surface area (Å²) in [5.74, 6) is 0.0630. The summed E-state index contributed by atoms with van der Waals surface area (Å²) in [4.78, 5) is 38.2. The normalized spacial score (nSPS) is 15.4. The maximum Gasteiger partial charge on any atom is 0.229 e. The lowest BCUT2D eigenvalue weighted by atomic mass is 10.1. The van der Waals surface area contributed by atoms with Crippen LogP contribution in [0.4, 0.5) is 17.1 Å². The Morgan fingerprint density at radius 3 is 2.23 bits per heavy atom. The Labute approximate surface area is 180 Å². The van der Waals surface area contributed by atoms with Gasteiger partial charge in [0, 0.05) is 49.1 Å². The number of carbonyl (C=O) groups excluding carboxylic acids is 3. The first-order valence-corrected chi connectivity index (χ1v) is 9.65. The molecule has 1 heterocycles. The minimum atomic E-state index is -0.531. The van der Waals surface area contributed by atoms with Gasteiger partial charge in [0.2, 0.25) is 23.5 Å². The van der Waals surface area contributed by atoms with Gasteiger partial charge in [0.1, 0.15) is 0 Å². The van der Waals surface area contributed by atoms with Gasteiger partial charge in [0.05, 0.1) is 27.2 Å². The molecular weight excluding hydrogens is 402 g/mol. The summed E-state index contributed by atoms with van der Waals surface area (Å²) in [7, 11) is 4.48. The first-order chi connectivity index (χ1) is 14.9. The highest BCUT2D eigenvalue weighted by Crippen LogP contribution is 2.40. The summed E-state index contributed by atoms with van der Waals surface area (Å²) in [6, 6.07) is 10.2. The van der Waals surface area contributed by atoms with Gasteiger partial charge in [-0.1, -0.05) is 6.07 Å². The van der Waals surface area contributed by atoms with Gasteiger partial charge in [-0.25, -0.2) is 0 Å². The number of benzene rings is 2. The van der Waals surface area contributed by atoms with Crippen LogP contribution in [-0.2, 0) is 14.4 Å². The van der Waals surface area contributed by atoms with Gasteiger partial charge in [0.15, 0.2) is 11.5 Å². The molecule has 2 aromatic carbocycles. The third-order valence-corrected chi connectivity index (χ3v) is 4.91. The minimum Gasteiger partial charge on any atom is -0.493 e. The molecule has 0 bridgehead atoms. The number of nitrogens with one attached hydrogen (secondary N) is 2. The molecule has 1 fully saturated rings. The fraction of sp³-hybridized carbons (Fsp3) is 0.318. The van der Waals surface area contributed by atoms with Gasteiger partial charge in [-0.3, -0.25) is 14.4 Å². The maximum atomic E-state index is 12.8. The molecule has 0 aromatic heterocycles. The molecule has 0 unspecified atom stereocenters. The number of nitrogens with zero attached hydrogens (tertiary/aromatic N) is 1. The molecule has 3 rings (SSSR count). The summed E-state index contributed by atoms with van der Waals surface area (Å²) in [6.45, 7) is 1.65. The molecule has 0 spiro atoms. The van der Waals surface area contributed by atoms with Crippen LogP contribution in [-0.4, -0.2) is 45.6 Å². The van der Waals surface area contributed by atoms with Gasteiger partial charge in [0.25, 0.3) is 0 Å². The van der Waals surface area contributed by atoms with Crippen LogP contribution in [0.3, 0.4) is 0 Å². The molecule has 1 saturated heterocycles. The largest absolute Gasteiger partial charge is 0.493 e. The number of ether oxygens (including phenoxy) is 3. The predicted octanol–water partition coefficient (Wildman–Crippen LogP) is 2.66. The van der Waals surface area contributed by atoms with Gasteiger partial charge in [-0.2, -0.15) is 0 Å². The van der Waals surface area contributed by atoms with E-state index in [2.05, 4.69) is 10.6 Å². The van der Waals surface area contributed by atoms with Crippen molar-refractivity contribution in [2.75, 3.05) is 43.4 Å². The zero-order valence-corrected chi connectivity index (χ0v) is 17.9. The van der Waals surface area contributed by atoms with Crippen LogP contribution in [0.25, 0.3) is 0 Å². The lowest BCUT2D eigenvalue weighted by Gasteiger charge is -2.18. The SMILES string of the molecule is COc1cc(NC(=O)[C@@H]2CC(=O)N(c3cccc(NC(C)=O)c3)C2)cc(OC)c1OC.